The number of nitrogens with zero attached hydrogens (tertiary/aromatic N) is 3. The summed E-state index contributed by atoms with van der Waals surface area (Å²) >= 11 is 0. The Morgan fingerprint density at radius 2 is 2.10 bits per heavy atom. The van der Waals surface area contributed by atoms with Crippen molar-refractivity contribution < 1.29 is 19.4 Å². The van der Waals surface area contributed by atoms with E-state index in [1.807, 2.05) is 13.8 Å². The van der Waals surface area contributed by atoms with Gasteiger partial charge in [0.15, 0.2) is 6.10 Å². The summed E-state index contributed by atoms with van der Waals surface area (Å²) in [5, 5.41) is 13.4. The molecule has 0 radical (unpaired) electrons. The normalized spacial score (nSPS) is 22.6. The van der Waals surface area contributed by atoms with Crippen LogP contribution in [0.15, 0.2) is 6.07 Å². The van der Waals surface area contributed by atoms with Gasteiger partial charge < -0.3 is 14.7 Å². The zero-order chi connectivity index (χ0) is 15.7. The molecule has 1 aromatic rings. The van der Waals surface area contributed by atoms with Crippen molar-refractivity contribution in [2.24, 2.45) is 7.05 Å². The Kier molecular flexibility index (Phi) is 4.32. The molecule has 2 atom stereocenters. The van der Waals surface area contributed by atoms with Gasteiger partial charge in [0.2, 0.25) is 0 Å². The second kappa shape index (κ2) is 5.85. The first-order valence-electron chi connectivity index (χ1n) is 7.01. The van der Waals surface area contributed by atoms with Crippen molar-refractivity contribution in [1.82, 2.24) is 14.7 Å². The second-order valence-corrected chi connectivity index (χ2v) is 5.72. The van der Waals surface area contributed by atoms with Crippen molar-refractivity contribution in [1.29, 1.82) is 0 Å². The van der Waals surface area contributed by atoms with Gasteiger partial charge in [-0.2, -0.15) is 5.10 Å². The number of carboxylic acid groups (broad SMARTS) is 1. The molecule has 1 N–H and O–H groups in total. The zero-order valence-electron chi connectivity index (χ0n) is 12.7. The molecule has 7 nitrogen and oxygen atoms in total. The number of carbonyl (C=O) groups is 2. The van der Waals surface area contributed by atoms with Gasteiger partial charge in [-0.15, -0.1) is 0 Å². The second-order valence-electron chi connectivity index (χ2n) is 5.72. The lowest BCUT2D eigenvalue weighted by Crippen LogP contribution is -2.52. The lowest BCUT2D eigenvalue weighted by atomic mass is 10.1. The fourth-order valence-corrected chi connectivity index (χ4v) is 2.39. The van der Waals surface area contributed by atoms with E-state index in [9.17, 15) is 9.59 Å². The predicted octanol–water partition coefficient (Wildman–Crippen LogP) is 0.858. The highest BCUT2D eigenvalue weighted by Gasteiger charge is 2.34. The molecular weight excluding hydrogens is 274 g/mol. The molecule has 0 aliphatic carbocycles. The quantitative estimate of drug-likeness (QED) is 0.894. The number of aliphatic carboxylic acids is 1. The number of carboxylic acids is 1. The number of hydrogen-bond donors (Lipinski definition) is 1. The van der Waals surface area contributed by atoms with E-state index in [-0.39, 0.29) is 24.5 Å². The molecule has 2 rings (SSSR count). The van der Waals surface area contributed by atoms with E-state index >= 15 is 0 Å². The van der Waals surface area contributed by atoms with Crippen LogP contribution in [0.25, 0.3) is 0 Å². The number of hydrogen-bond acceptors (Lipinski definition) is 4. The van der Waals surface area contributed by atoms with Crippen LogP contribution in [0.3, 0.4) is 0 Å². The molecule has 1 aromatic heterocycles. The molecule has 7 heteroatoms. The fraction of sp³-hybridized carbons (Fsp3) is 0.643. The van der Waals surface area contributed by atoms with Gasteiger partial charge in [-0.05, 0) is 18.9 Å². The van der Waals surface area contributed by atoms with Crippen molar-refractivity contribution in [2.45, 2.75) is 38.9 Å². The third kappa shape index (κ3) is 3.24. The first-order valence-corrected chi connectivity index (χ1v) is 7.01. The minimum absolute atomic E-state index is 0.0562. The first kappa shape index (κ1) is 15.5. The highest BCUT2D eigenvalue weighted by molar-refractivity contribution is 5.93. The van der Waals surface area contributed by atoms with E-state index < -0.39 is 12.1 Å². The molecule has 1 aliphatic heterocycles. The summed E-state index contributed by atoms with van der Waals surface area (Å²) in [5.74, 6) is -1.03. The van der Waals surface area contributed by atoms with Gasteiger partial charge in [0.1, 0.15) is 5.69 Å². The number of aryl methyl sites for hydroxylation is 1. The van der Waals surface area contributed by atoms with Crippen LogP contribution in [0.5, 0.6) is 0 Å². The third-order valence-electron chi connectivity index (χ3n) is 3.53. The molecule has 1 fully saturated rings. The van der Waals surface area contributed by atoms with Gasteiger partial charge in [-0.1, -0.05) is 13.8 Å². The molecule has 0 aromatic carbocycles. The minimum Gasteiger partial charge on any atom is -0.479 e. The molecule has 1 saturated heterocycles. The Labute approximate surface area is 123 Å². The van der Waals surface area contributed by atoms with Crippen LogP contribution in [0.2, 0.25) is 0 Å². The lowest BCUT2D eigenvalue weighted by molar-refractivity contribution is -0.160. The zero-order valence-corrected chi connectivity index (χ0v) is 12.7. The molecule has 2 heterocycles. The van der Waals surface area contributed by atoms with Crippen LogP contribution < -0.4 is 0 Å². The number of aromatic nitrogens is 2. The summed E-state index contributed by atoms with van der Waals surface area (Å²) in [6, 6.07) is 1.77. The summed E-state index contributed by atoms with van der Waals surface area (Å²) < 4.78 is 6.87. The average molecular weight is 295 g/mol. The molecule has 21 heavy (non-hydrogen) atoms. The van der Waals surface area contributed by atoms with E-state index in [1.54, 1.807) is 24.7 Å². The highest BCUT2D eigenvalue weighted by Crippen LogP contribution is 2.18. The van der Waals surface area contributed by atoms with Crippen molar-refractivity contribution in [2.75, 3.05) is 13.1 Å². The molecule has 0 saturated carbocycles. The summed E-state index contributed by atoms with van der Waals surface area (Å²) in [6.07, 6.45) is -1.28. The van der Waals surface area contributed by atoms with Gasteiger partial charge >= 0.3 is 5.97 Å². The van der Waals surface area contributed by atoms with Gasteiger partial charge in [-0.3, -0.25) is 9.48 Å². The Hall–Kier alpha value is -1.89. The summed E-state index contributed by atoms with van der Waals surface area (Å²) in [4.78, 5) is 25.2. The summed E-state index contributed by atoms with van der Waals surface area (Å²) in [6.45, 7) is 6.21. The average Bonchev–Trinajstić information content (AvgIpc) is 2.79. The number of rotatable bonds is 3. The smallest absolute Gasteiger partial charge is 0.334 e. The van der Waals surface area contributed by atoms with E-state index in [1.165, 1.54) is 4.90 Å². The molecule has 0 bridgehead atoms. The molecule has 0 spiro atoms. The molecule has 116 valence electrons. The van der Waals surface area contributed by atoms with Crippen molar-refractivity contribution in [3.05, 3.63) is 17.5 Å². The maximum absolute atomic E-state index is 12.6. The Morgan fingerprint density at radius 1 is 1.43 bits per heavy atom. The van der Waals surface area contributed by atoms with E-state index in [2.05, 4.69) is 5.10 Å². The van der Waals surface area contributed by atoms with Crippen molar-refractivity contribution >= 4 is 11.9 Å². The van der Waals surface area contributed by atoms with Crippen LogP contribution >= 0.6 is 0 Å². The number of carbonyl (C=O) groups excluding carboxylic acids is 1. The number of amides is 1. The van der Waals surface area contributed by atoms with Crippen LogP contribution in [-0.4, -0.2) is 57.0 Å². The maximum Gasteiger partial charge on any atom is 0.334 e. The van der Waals surface area contributed by atoms with Gasteiger partial charge in [0.25, 0.3) is 5.91 Å². The largest absolute Gasteiger partial charge is 0.479 e. The van der Waals surface area contributed by atoms with Gasteiger partial charge in [0.05, 0.1) is 18.3 Å². The molecule has 1 aliphatic rings. The summed E-state index contributed by atoms with van der Waals surface area (Å²) in [5.41, 5.74) is 1.31. The molecular formula is C14H21N3O4. The Balaban J connectivity index is 2.21. The fourth-order valence-electron chi connectivity index (χ4n) is 2.39. The topological polar surface area (TPSA) is 84.7 Å². The Bertz CT molecular complexity index is 552. The van der Waals surface area contributed by atoms with Crippen LogP contribution in [0.1, 0.15) is 42.9 Å². The lowest BCUT2D eigenvalue weighted by Gasteiger charge is -2.34. The van der Waals surface area contributed by atoms with Crippen molar-refractivity contribution in [3.63, 3.8) is 0 Å². The molecule has 1 amide bonds. The highest BCUT2D eigenvalue weighted by atomic mass is 16.5. The van der Waals surface area contributed by atoms with E-state index in [0.717, 1.165) is 5.69 Å². The number of ether oxygens (including phenoxy) is 1. The monoisotopic (exact) mass is 295 g/mol. The molecule has 1 unspecified atom stereocenters. The third-order valence-corrected chi connectivity index (χ3v) is 3.53. The van der Waals surface area contributed by atoms with E-state index in [4.69, 9.17) is 9.84 Å². The van der Waals surface area contributed by atoms with Crippen LogP contribution in [-0.2, 0) is 16.6 Å². The van der Waals surface area contributed by atoms with Gasteiger partial charge in [0, 0.05) is 13.6 Å². The minimum atomic E-state index is -1.05. The number of morpholine rings is 1. The van der Waals surface area contributed by atoms with Gasteiger partial charge in [-0.25, -0.2) is 4.79 Å². The first-order chi connectivity index (χ1) is 9.79. The van der Waals surface area contributed by atoms with E-state index in [0.29, 0.717) is 12.2 Å². The SMILES string of the molecule is CC(C)c1cc(C(=O)N2CC(C(=O)O)O[C@H](C)C2)n(C)n1. The Morgan fingerprint density at radius 3 is 2.62 bits per heavy atom. The summed E-state index contributed by atoms with van der Waals surface area (Å²) in [7, 11) is 1.72. The maximum atomic E-state index is 12.6. The standard InChI is InChI=1S/C14H21N3O4/c1-8(2)10-5-11(16(4)15-10)13(18)17-6-9(3)21-12(7-17)14(19)20/h5,8-9,12H,6-7H2,1-4H3,(H,19,20)/t9-,12?/m1/s1. The predicted molar refractivity (Wildman–Crippen MR) is 75.2 cm³/mol. The van der Waals surface area contributed by atoms with Crippen molar-refractivity contribution in [3.8, 4) is 0 Å². The van der Waals surface area contributed by atoms with Crippen LogP contribution in [0.4, 0.5) is 0 Å². The van der Waals surface area contributed by atoms with Crippen LogP contribution in [0, 0.1) is 0 Å².